The number of thiophene rings is 1. The van der Waals surface area contributed by atoms with Crippen molar-refractivity contribution in [2.24, 2.45) is 0 Å². The highest BCUT2D eigenvalue weighted by Gasteiger charge is 2.23. The average molecular weight is 484 g/mol. The molecule has 1 aliphatic heterocycles. The molecule has 4 aromatic rings. The third-order valence-corrected chi connectivity index (χ3v) is 7.32. The molecule has 1 aromatic carbocycles. The maximum Gasteiger partial charge on any atom is 0.272 e. The molecule has 5 rings (SSSR count). The summed E-state index contributed by atoms with van der Waals surface area (Å²) < 4.78 is 9.81. The molecule has 0 unspecified atom stereocenters. The van der Waals surface area contributed by atoms with Gasteiger partial charge < -0.3 is 10.1 Å². The SMILES string of the molecule is CC(=O)c1ccc(NC(=O)CSc2nnc3n(C[C@@H]4CCCO4)c(=O)c4sccc4n23)cc1. The molecule has 11 heteroatoms. The number of amides is 1. The van der Waals surface area contributed by atoms with Crippen molar-refractivity contribution in [2.75, 3.05) is 17.7 Å². The minimum absolute atomic E-state index is 0.0168. The summed E-state index contributed by atoms with van der Waals surface area (Å²) in [5.41, 5.74) is 1.84. The molecule has 0 bridgehead atoms. The molecular weight excluding hydrogens is 462 g/mol. The van der Waals surface area contributed by atoms with E-state index < -0.39 is 0 Å². The fourth-order valence-corrected chi connectivity index (χ4v) is 5.43. The van der Waals surface area contributed by atoms with Crippen molar-refractivity contribution in [1.29, 1.82) is 0 Å². The van der Waals surface area contributed by atoms with Crippen molar-refractivity contribution < 1.29 is 14.3 Å². The molecule has 1 saturated heterocycles. The van der Waals surface area contributed by atoms with Gasteiger partial charge in [0.15, 0.2) is 10.9 Å². The highest BCUT2D eigenvalue weighted by Crippen LogP contribution is 2.25. The highest BCUT2D eigenvalue weighted by molar-refractivity contribution is 7.99. The smallest absolute Gasteiger partial charge is 0.272 e. The van der Waals surface area contributed by atoms with Crippen LogP contribution in [-0.4, -0.2) is 49.3 Å². The predicted octanol–water partition coefficient (Wildman–Crippen LogP) is 3.22. The van der Waals surface area contributed by atoms with Gasteiger partial charge in [-0.2, -0.15) is 0 Å². The van der Waals surface area contributed by atoms with Crippen molar-refractivity contribution in [3.05, 3.63) is 51.6 Å². The second kappa shape index (κ2) is 9.08. The van der Waals surface area contributed by atoms with Gasteiger partial charge in [0.05, 0.1) is 23.9 Å². The van der Waals surface area contributed by atoms with Gasteiger partial charge in [-0.3, -0.25) is 23.4 Å². The maximum absolute atomic E-state index is 13.1. The lowest BCUT2D eigenvalue weighted by Crippen LogP contribution is -2.28. The van der Waals surface area contributed by atoms with E-state index in [4.69, 9.17) is 4.74 Å². The number of carbonyl (C=O) groups is 2. The summed E-state index contributed by atoms with van der Waals surface area (Å²) in [4.78, 5) is 37.0. The van der Waals surface area contributed by atoms with Crippen LogP contribution in [0, 0.1) is 0 Å². The number of Topliss-reactive ketones (excluding diaryl/α,β-unsaturated/α-hetero) is 1. The number of carbonyl (C=O) groups excluding carboxylic acids is 2. The Kier molecular flexibility index (Phi) is 6.00. The zero-order valence-electron chi connectivity index (χ0n) is 17.8. The zero-order valence-corrected chi connectivity index (χ0v) is 19.4. The molecule has 1 amide bonds. The van der Waals surface area contributed by atoms with E-state index in [1.54, 1.807) is 28.8 Å². The molecule has 0 saturated carbocycles. The van der Waals surface area contributed by atoms with Crippen molar-refractivity contribution in [1.82, 2.24) is 19.2 Å². The quantitative estimate of drug-likeness (QED) is 0.318. The van der Waals surface area contributed by atoms with Gasteiger partial charge in [-0.25, -0.2) is 0 Å². The van der Waals surface area contributed by atoms with E-state index in [9.17, 15) is 14.4 Å². The number of aromatic nitrogens is 4. The van der Waals surface area contributed by atoms with Gasteiger partial charge in [0.25, 0.3) is 5.56 Å². The van der Waals surface area contributed by atoms with E-state index in [0.29, 0.717) is 40.0 Å². The Hall–Kier alpha value is -3.02. The normalized spacial score (nSPS) is 16.0. The molecule has 1 aliphatic rings. The van der Waals surface area contributed by atoms with Crippen LogP contribution in [0.5, 0.6) is 0 Å². The Morgan fingerprint density at radius 3 is 2.79 bits per heavy atom. The Morgan fingerprint density at radius 1 is 1.24 bits per heavy atom. The van der Waals surface area contributed by atoms with Crippen LogP contribution in [0.1, 0.15) is 30.1 Å². The molecule has 1 fully saturated rings. The Labute approximate surface area is 196 Å². The van der Waals surface area contributed by atoms with Crippen LogP contribution in [0.3, 0.4) is 0 Å². The lowest BCUT2D eigenvalue weighted by atomic mass is 10.1. The lowest BCUT2D eigenvalue weighted by Gasteiger charge is -2.13. The summed E-state index contributed by atoms with van der Waals surface area (Å²) in [6.07, 6.45) is 1.87. The molecule has 1 N–H and O–H groups in total. The summed E-state index contributed by atoms with van der Waals surface area (Å²) in [6.45, 7) is 2.63. The van der Waals surface area contributed by atoms with E-state index in [2.05, 4.69) is 15.5 Å². The number of hydrogen-bond donors (Lipinski definition) is 1. The number of hydrogen-bond acceptors (Lipinski definition) is 8. The fourth-order valence-electron chi connectivity index (χ4n) is 3.87. The van der Waals surface area contributed by atoms with Crippen molar-refractivity contribution in [3.63, 3.8) is 0 Å². The zero-order chi connectivity index (χ0) is 22.9. The molecule has 1 atom stereocenters. The second-order valence-corrected chi connectivity index (χ2v) is 9.63. The number of benzene rings is 1. The Bertz CT molecular complexity index is 1400. The minimum atomic E-state index is -0.207. The number of nitrogens with one attached hydrogen (secondary N) is 1. The number of anilines is 1. The number of fused-ring (bicyclic) bond motifs is 3. The minimum Gasteiger partial charge on any atom is -0.376 e. The van der Waals surface area contributed by atoms with Crippen LogP contribution in [0.25, 0.3) is 16.0 Å². The van der Waals surface area contributed by atoms with Crippen LogP contribution in [0.2, 0.25) is 0 Å². The van der Waals surface area contributed by atoms with Crippen LogP contribution < -0.4 is 10.9 Å². The predicted molar refractivity (Wildman–Crippen MR) is 127 cm³/mol. The number of nitrogens with zero attached hydrogens (tertiary/aromatic N) is 4. The number of thioether (sulfide) groups is 1. The van der Waals surface area contributed by atoms with E-state index in [1.807, 2.05) is 15.8 Å². The first-order valence-electron chi connectivity index (χ1n) is 10.5. The Morgan fingerprint density at radius 2 is 2.06 bits per heavy atom. The van der Waals surface area contributed by atoms with Crippen molar-refractivity contribution >= 4 is 56.5 Å². The van der Waals surface area contributed by atoms with Gasteiger partial charge >= 0.3 is 0 Å². The van der Waals surface area contributed by atoms with Gasteiger partial charge in [-0.1, -0.05) is 11.8 Å². The van der Waals surface area contributed by atoms with Crippen LogP contribution >= 0.6 is 23.1 Å². The van der Waals surface area contributed by atoms with Crippen molar-refractivity contribution in [2.45, 2.75) is 37.6 Å². The third-order valence-electron chi connectivity index (χ3n) is 5.50. The maximum atomic E-state index is 13.1. The van der Waals surface area contributed by atoms with Crippen LogP contribution in [-0.2, 0) is 16.1 Å². The van der Waals surface area contributed by atoms with Crippen LogP contribution in [0.4, 0.5) is 5.69 Å². The van der Waals surface area contributed by atoms with Gasteiger partial charge in [-0.15, -0.1) is 21.5 Å². The summed E-state index contributed by atoms with van der Waals surface area (Å²) >= 11 is 2.63. The van der Waals surface area contributed by atoms with E-state index in [0.717, 1.165) is 18.4 Å². The van der Waals surface area contributed by atoms with Gasteiger partial charge in [0.2, 0.25) is 11.7 Å². The van der Waals surface area contributed by atoms with E-state index in [1.165, 1.54) is 30.0 Å². The van der Waals surface area contributed by atoms with Crippen molar-refractivity contribution in [3.8, 4) is 0 Å². The summed E-state index contributed by atoms with van der Waals surface area (Å²) in [5.74, 6) is 0.330. The van der Waals surface area contributed by atoms with E-state index >= 15 is 0 Å². The molecule has 0 aliphatic carbocycles. The molecular formula is C22H21N5O4S2. The number of ketones is 1. The monoisotopic (exact) mass is 483 g/mol. The first-order valence-corrected chi connectivity index (χ1v) is 12.4. The molecule has 170 valence electrons. The molecule has 3 aromatic heterocycles. The largest absolute Gasteiger partial charge is 0.376 e. The molecule has 4 heterocycles. The molecule has 33 heavy (non-hydrogen) atoms. The first-order chi connectivity index (χ1) is 16.0. The molecule has 0 radical (unpaired) electrons. The van der Waals surface area contributed by atoms with Gasteiger partial charge in [0, 0.05) is 17.9 Å². The Balaban J connectivity index is 1.38. The second-order valence-electron chi connectivity index (χ2n) is 7.77. The molecule has 0 spiro atoms. The molecule has 9 nitrogen and oxygen atoms in total. The average Bonchev–Trinajstić information content (AvgIpc) is 3.56. The van der Waals surface area contributed by atoms with Gasteiger partial charge in [-0.05, 0) is 55.5 Å². The van der Waals surface area contributed by atoms with E-state index in [-0.39, 0.29) is 29.1 Å². The highest BCUT2D eigenvalue weighted by atomic mass is 32.2. The number of rotatable bonds is 7. The summed E-state index contributed by atoms with van der Waals surface area (Å²) in [7, 11) is 0. The standard InChI is InChI=1S/C22H21N5O4S2/c1-13(28)14-4-6-15(7-5-14)23-18(29)12-33-22-25-24-21-26(11-16-3-2-9-31-16)20(30)19-17(27(21)22)8-10-32-19/h4-8,10,16H,2-3,9,11-12H2,1H3,(H,23,29)/t16-/m0/s1. The summed E-state index contributed by atoms with van der Waals surface area (Å²) in [5, 5.41) is 13.8. The number of ether oxygens (including phenoxy) is 1. The topological polar surface area (TPSA) is 108 Å². The van der Waals surface area contributed by atoms with Crippen LogP contribution in [0.15, 0.2) is 45.7 Å². The first kappa shape index (κ1) is 21.8. The van der Waals surface area contributed by atoms with Gasteiger partial charge in [0.1, 0.15) is 4.70 Å². The summed E-state index contributed by atoms with van der Waals surface area (Å²) in [6, 6.07) is 8.62. The fraction of sp³-hybridized carbons (Fsp3) is 0.318. The third kappa shape index (κ3) is 4.31. The lowest BCUT2D eigenvalue weighted by molar-refractivity contribution is -0.113.